The minimum atomic E-state index is -0.571. The largest absolute Gasteiger partial charge is 0.358 e. The van der Waals surface area contributed by atoms with Crippen LogP contribution in [0.1, 0.15) is 16.1 Å². The Labute approximate surface area is 129 Å². The van der Waals surface area contributed by atoms with Gasteiger partial charge in [-0.15, -0.1) is 0 Å². The molecule has 0 atom stereocenters. The Kier molecular flexibility index (Phi) is 4.15. The summed E-state index contributed by atoms with van der Waals surface area (Å²) in [7, 11) is 1.43. The summed E-state index contributed by atoms with van der Waals surface area (Å²) in [6.45, 7) is 1.71. The average Bonchev–Trinajstić information content (AvgIpc) is 2.75. The second kappa shape index (κ2) is 5.71. The highest BCUT2D eigenvalue weighted by Gasteiger charge is 2.22. The maximum Gasteiger partial charge on any atom is 0.323 e. The molecule has 2 aromatic rings. The third-order valence-electron chi connectivity index (χ3n) is 2.89. The molecule has 0 spiro atoms. The van der Waals surface area contributed by atoms with Crippen LogP contribution in [0.5, 0.6) is 0 Å². The number of nitro groups is 1. The van der Waals surface area contributed by atoms with E-state index in [0.29, 0.717) is 11.3 Å². The molecule has 0 fully saturated rings. The summed E-state index contributed by atoms with van der Waals surface area (Å²) in [4.78, 5) is 26.2. The maximum absolute atomic E-state index is 12.2. The number of rotatable bonds is 3. The van der Waals surface area contributed by atoms with E-state index in [1.165, 1.54) is 23.7 Å². The van der Waals surface area contributed by atoms with Crippen LogP contribution in [0.25, 0.3) is 0 Å². The van der Waals surface area contributed by atoms with Gasteiger partial charge in [-0.2, -0.15) is 0 Å². The standard InChI is InChI=1S/C12H10Cl2N4O3/c1-6-5-8(13)15-11(14)10(6)16-12(19)7-3-4-9(17(7)2)18(20)21/h3-5H,1-2H3,(H,16,19). The van der Waals surface area contributed by atoms with Crippen LogP contribution in [0.2, 0.25) is 10.3 Å². The van der Waals surface area contributed by atoms with Crippen molar-refractivity contribution in [2.24, 2.45) is 7.05 Å². The first-order valence-electron chi connectivity index (χ1n) is 5.75. The number of anilines is 1. The maximum atomic E-state index is 12.2. The van der Waals surface area contributed by atoms with Gasteiger partial charge in [-0.25, -0.2) is 9.55 Å². The van der Waals surface area contributed by atoms with Crippen molar-refractivity contribution in [3.63, 3.8) is 0 Å². The molecule has 0 aliphatic rings. The molecule has 21 heavy (non-hydrogen) atoms. The van der Waals surface area contributed by atoms with Gasteiger partial charge < -0.3 is 15.4 Å². The smallest absolute Gasteiger partial charge is 0.323 e. The first kappa shape index (κ1) is 15.3. The molecule has 2 aromatic heterocycles. The summed E-state index contributed by atoms with van der Waals surface area (Å²) in [5.74, 6) is -0.711. The number of carbonyl (C=O) groups excluding carboxylic acids is 1. The molecule has 0 bridgehead atoms. The zero-order chi connectivity index (χ0) is 15.7. The van der Waals surface area contributed by atoms with Crippen LogP contribution in [0.4, 0.5) is 11.5 Å². The highest BCUT2D eigenvalue weighted by atomic mass is 35.5. The van der Waals surface area contributed by atoms with E-state index in [4.69, 9.17) is 23.2 Å². The Bertz CT molecular complexity index is 719. The molecule has 0 radical (unpaired) electrons. The predicted molar refractivity (Wildman–Crippen MR) is 79.0 cm³/mol. The van der Waals surface area contributed by atoms with E-state index in [2.05, 4.69) is 10.3 Å². The second-order valence-corrected chi connectivity index (χ2v) is 5.02. The van der Waals surface area contributed by atoms with Crippen molar-refractivity contribution in [1.29, 1.82) is 0 Å². The lowest BCUT2D eigenvalue weighted by Gasteiger charge is -2.09. The number of nitrogens with one attached hydrogen (secondary N) is 1. The van der Waals surface area contributed by atoms with Crippen molar-refractivity contribution in [3.8, 4) is 0 Å². The molecule has 1 N–H and O–H groups in total. The molecule has 0 saturated carbocycles. The fourth-order valence-corrected chi connectivity index (χ4v) is 2.41. The SMILES string of the molecule is Cc1cc(Cl)nc(Cl)c1NC(=O)c1ccc([N+](=O)[O-])n1C. The van der Waals surface area contributed by atoms with Crippen LogP contribution in [0.3, 0.4) is 0 Å². The molecule has 9 heteroatoms. The van der Waals surface area contributed by atoms with Crippen LogP contribution in [-0.2, 0) is 7.05 Å². The highest BCUT2D eigenvalue weighted by molar-refractivity contribution is 6.35. The van der Waals surface area contributed by atoms with Crippen molar-refractivity contribution < 1.29 is 9.72 Å². The lowest BCUT2D eigenvalue weighted by atomic mass is 10.2. The Morgan fingerprint density at radius 1 is 1.43 bits per heavy atom. The molecule has 2 rings (SSSR count). The number of amides is 1. The van der Waals surface area contributed by atoms with Gasteiger partial charge in [-0.3, -0.25) is 4.79 Å². The summed E-state index contributed by atoms with van der Waals surface area (Å²) in [5, 5.41) is 13.6. The molecule has 2 heterocycles. The summed E-state index contributed by atoms with van der Waals surface area (Å²) in [6, 6.07) is 4.17. The Balaban J connectivity index is 2.33. The fraction of sp³-hybridized carbons (Fsp3) is 0.167. The third kappa shape index (κ3) is 2.98. The van der Waals surface area contributed by atoms with Gasteiger partial charge in [0.1, 0.15) is 5.15 Å². The molecule has 1 amide bonds. The van der Waals surface area contributed by atoms with E-state index in [1.54, 1.807) is 13.0 Å². The van der Waals surface area contributed by atoms with Gasteiger partial charge in [0.15, 0.2) is 10.8 Å². The number of halogens is 2. The van der Waals surface area contributed by atoms with Crippen molar-refractivity contribution in [3.05, 3.63) is 49.9 Å². The molecular formula is C12H10Cl2N4O3. The average molecular weight is 329 g/mol. The first-order valence-corrected chi connectivity index (χ1v) is 6.51. The number of nitrogens with zero attached hydrogens (tertiary/aromatic N) is 3. The number of aryl methyl sites for hydroxylation is 1. The van der Waals surface area contributed by atoms with Crippen molar-refractivity contribution in [1.82, 2.24) is 9.55 Å². The van der Waals surface area contributed by atoms with E-state index >= 15 is 0 Å². The molecule has 0 aliphatic heterocycles. The molecular weight excluding hydrogens is 319 g/mol. The molecule has 0 aromatic carbocycles. The minimum absolute atomic E-state index is 0.0528. The van der Waals surface area contributed by atoms with Crippen LogP contribution in [0.15, 0.2) is 18.2 Å². The predicted octanol–water partition coefficient (Wildman–Crippen LogP) is 3.20. The minimum Gasteiger partial charge on any atom is -0.358 e. The van der Waals surface area contributed by atoms with E-state index in [0.717, 1.165) is 0 Å². The fourth-order valence-electron chi connectivity index (χ4n) is 1.84. The van der Waals surface area contributed by atoms with Gasteiger partial charge in [-0.1, -0.05) is 23.2 Å². The van der Waals surface area contributed by atoms with Gasteiger partial charge in [-0.05, 0) is 29.5 Å². The number of hydrogen-bond donors (Lipinski definition) is 1. The zero-order valence-corrected chi connectivity index (χ0v) is 12.6. The summed E-state index contributed by atoms with van der Waals surface area (Å²) in [5.41, 5.74) is 1.08. The van der Waals surface area contributed by atoms with Gasteiger partial charge in [0, 0.05) is 6.07 Å². The van der Waals surface area contributed by atoms with Crippen molar-refractivity contribution in [2.75, 3.05) is 5.32 Å². The molecule has 0 saturated heterocycles. The quantitative estimate of drug-likeness (QED) is 0.532. The number of carbonyl (C=O) groups is 1. The first-order chi connectivity index (χ1) is 9.81. The monoisotopic (exact) mass is 328 g/mol. The third-order valence-corrected chi connectivity index (χ3v) is 3.36. The molecule has 7 nitrogen and oxygen atoms in total. The summed E-state index contributed by atoms with van der Waals surface area (Å²) in [6.07, 6.45) is 0. The van der Waals surface area contributed by atoms with E-state index in [1.807, 2.05) is 0 Å². The van der Waals surface area contributed by atoms with E-state index < -0.39 is 10.8 Å². The van der Waals surface area contributed by atoms with Crippen LogP contribution < -0.4 is 5.32 Å². The summed E-state index contributed by atoms with van der Waals surface area (Å²) >= 11 is 11.7. The van der Waals surface area contributed by atoms with E-state index in [9.17, 15) is 14.9 Å². The topological polar surface area (TPSA) is 90.1 Å². The Morgan fingerprint density at radius 3 is 2.62 bits per heavy atom. The lowest BCUT2D eigenvalue weighted by Crippen LogP contribution is -2.17. The molecule has 0 unspecified atom stereocenters. The second-order valence-electron chi connectivity index (χ2n) is 4.27. The van der Waals surface area contributed by atoms with Gasteiger partial charge in [0.2, 0.25) is 0 Å². The lowest BCUT2D eigenvalue weighted by molar-refractivity contribution is -0.391. The summed E-state index contributed by atoms with van der Waals surface area (Å²) < 4.78 is 1.18. The van der Waals surface area contributed by atoms with Crippen LogP contribution in [0, 0.1) is 17.0 Å². The van der Waals surface area contributed by atoms with Crippen molar-refractivity contribution >= 4 is 40.6 Å². The normalized spacial score (nSPS) is 10.5. The Hall–Kier alpha value is -2.12. The number of hydrogen-bond acceptors (Lipinski definition) is 4. The van der Waals surface area contributed by atoms with E-state index in [-0.39, 0.29) is 21.8 Å². The Morgan fingerprint density at radius 2 is 2.10 bits per heavy atom. The highest BCUT2D eigenvalue weighted by Crippen LogP contribution is 2.27. The number of aromatic nitrogens is 2. The van der Waals surface area contributed by atoms with Crippen LogP contribution in [-0.4, -0.2) is 20.4 Å². The number of pyridine rings is 1. The van der Waals surface area contributed by atoms with Gasteiger partial charge in [0.05, 0.1) is 12.7 Å². The van der Waals surface area contributed by atoms with Gasteiger partial charge in [0.25, 0.3) is 5.91 Å². The zero-order valence-electron chi connectivity index (χ0n) is 11.1. The van der Waals surface area contributed by atoms with Crippen molar-refractivity contribution in [2.45, 2.75) is 6.92 Å². The molecule has 110 valence electrons. The molecule has 0 aliphatic carbocycles. The van der Waals surface area contributed by atoms with Crippen LogP contribution >= 0.6 is 23.2 Å². The van der Waals surface area contributed by atoms with Gasteiger partial charge >= 0.3 is 5.82 Å².